The quantitative estimate of drug-likeness (QED) is 0.881. The van der Waals surface area contributed by atoms with Crippen molar-refractivity contribution in [2.45, 2.75) is 25.3 Å². The summed E-state index contributed by atoms with van der Waals surface area (Å²) in [4.78, 5) is 24.8. The molecular weight excluding hydrogens is 292 g/mol. The Hall–Kier alpha value is -1.75. The average molecular weight is 309 g/mol. The van der Waals surface area contributed by atoms with Crippen LogP contribution in [0.15, 0.2) is 18.2 Å². The second-order valence-electron chi connectivity index (χ2n) is 5.62. The molecule has 2 atom stereocenters. The van der Waals surface area contributed by atoms with Gasteiger partial charge in [0.2, 0.25) is 0 Å². The molecule has 5 nitrogen and oxygen atoms in total. The van der Waals surface area contributed by atoms with Crippen LogP contribution in [0.25, 0.3) is 0 Å². The molecule has 0 aromatic heterocycles. The molecule has 0 radical (unpaired) electrons. The minimum atomic E-state index is -0.830. The third-order valence-electron chi connectivity index (χ3n) is 4.34. The van der Waals surface area contributed by atoms with E-state index in [0.29, 0.717) is 13.0 Å². The van der Waals surface area contributed by atoms with Crippen LogP contribution in [-0.2, 0) is 11.2 Å². The Kier molecular flexibility index (Phi) is 3.76. The van der Waals surface area contributed by atoms with Gasteiger partial charge in [-0.15, -0.1) is 0 Å². The Balaban J connectivity index is 1.65. The number of likely N-dealkylation sites (tertiary alicyclic amines) is 1. The van der Waals surface area contributed by atoms with E-state index in [1.165, 1.54) is 0 Å². The summed E-state index contributed by atoms with van der Waals surface area (Å²) in [6.07, 6.45) is 2.22. The molecule has 0 bridgehead atoms. The number of carbonyl (C=O) groups is 2. The van der Waals surface area contributed by atoms with Crippen LogP contribution in [0.4, 0.5) is 4.79 Å². The van der Waals surface area contributed by atoms with E-state index >= 15 is 0 Å². The van der Waals surface area contributed by atoms with E-state index in [1.54, 1.807) is 4.90 Å². The zero-order valence-corrected chi connectivity index (χ0v) is 12.3. The molecule has 2 unspecified atom stereocenters. The van der Waals surface area contributed by atoms with Gasteiger partial charge in [-0.1, -0.05) is 23.7 Å². The highest BCUT2D eigenvalue weighted by Crippen LogP contribution is 2.35. The van der Waals surface area contributed by atoms with Crippen molar-refractivity contribution in [3.8, 4) is 0 Å². The summed E-state index contributed by atoms with van der Waals surface area (Å²) in [7, 11) is 0. The van der Waals surface area contributed by atoms with Crippen molar-refractivity contribution >= 4 is 23.6 Å². The Labute approximate surface area is 127 Å². The van der Waals surface area contributed by atoms with Crippen molar-refractivity contribution in [2.75, 3.05) is 13.1 Å². The topological polar surface area (TPSA) is 69.6 Å². The maximum atomic E-state index is 12.3. The number of nitrogens with zero attached hydrogens (tertiary/aromatic N) is 1. The molecule has 112 valence electrons. The maximum Gasteiger partial charge on any atom is 0.317 e. The molecule has 3 rings (SSSR count). The number of rotatable bonds is 2. The molecule has 1 aromatic rings. The van der Waals surface area contributed by atoms with E-state index in [4.69, 9.17) is 16.7 Å². The number of amides is 2. The number of urea groups is 1. The molecule has 1 aromatic carbocycles. The van der Waals surface area contributed by atoms with Gasteiger partial charge in [-0.2, -0.15) is 0 Å². The first-order chi connectivity index (χ1) is 10.1. The summed E-state index contributed by atoms with van der Waals surface area (Å²) < 4.78 is 0. The van der Waals surface area contributed by atoms with Crippen LogP contribution in [0.3, 0.4) is 0 Å². The lowest BCUT2D eigenvalue weighted by atomic mass is 10.1. The number of hydrogen-bond donors (Lipinski definition) is 2. The number of carbonyl (C=O) groups excluding carboxylic acids is 1. The molecule has 1 aliphatic carbocycles. The van der Waals surface area contributed by atoms with Crippen LogP contribution >= 0.6 is 11.6 Å². The molecule has 2 aliphatic rings. The third kappa shape index (κ3) is 2.70. The van der Waals surface area contributed by atoms with Gasteiger partial charge < -0.3 is 15.3 Å². The lowest BCUT2D eigenvalue weighted by Crippen LogP contribution is -2.40. The third-order valence-corrected chi connectivity index (χ3v) is 4.69. The lowest BCUT2D eigenvalue weighted by molar-refractivity contribution is -0.141. The molecule has 21 heavy (non-hydrogen) atoms. The minimum absolute atomic E-state index is 0.0323. The van der Waals surface area contributed by atoms with Crippen LogP contribution in [0.5, 0.6) is 0 Å². The first-order valence-corrected chi connectivity index (χ1v) is 7.49. The number of hydrogen-bond acceptors (Lipinski definition) is 2. The van der Waals surface area contributed by atoms with Gasteiger partial charge in [0, 0.05) is 18.1 Å². The molecule has 0 spiro atoms. The monoisotopic (exact) mass is 308 g/mol. The highest BCUT2D eigenvalue weighted by Gasteiger charge is 2.33. The van der Waals surface area contributed by atoms with E-state index in [1.807, 2.05) is 18.2 Å². The second-order valence-corrected chi connectivity index (χ2v) is 6.03. The minimum Gasteiger partial charge on any atom is -0.481 e. The summed E-state index contributed by atoms with van der Waals surface area (Å²) in [6, 6.07) is 5.53. The van der Waals surface area contributed by atoms with Crippen molar-refractivity contribution in [1.82, 2.24) is 10.2 Å². The number of benzene rings is 1. The van der Waals surface area contributed by atoms with E-state index in [-0.39, 0.29) is 18.6 Å². The molecule has 2 amide bonds. The van der Waals surface area contributed by atoms with E-state index < -0.39 is 11.9 Å². The SMILES string of the molecule is O=C(O)C1CCN(C(=O)NC2CCc3c(Cl)cccc32)C1. The van der Waals surface area contributed by atoms with Gasteiger partial charge in [0.05, 0.1) is 12.0 Å². The van der Waals surface area contributed by atoms with Crippen LogP contribution in [-0.4, -0.2) is 35.1 Å². The molecule has 1 saturated heterocycles. The molecule has 1 heterocycles. The van der Waals surface area contributed by atoms with Crippen molar-refractivity contribution in [1.29, 1.82) is 0 Å². The first-order valence-electron chi connectivity index (χ1n) is 7.12. The normalized spacial score (nSPS) is 24.0. The fraction of sp³-hybridized carbons (Fsp3) is 0.467. The molecule has 0 saturated carbocycles. The van der Waals surface area contributed by atoms with Gasteiger partial charge in [-0.3, -0.25) is 4.79 Å². The van der Waals surface area contributed by atoms with Gasteiger partial charge >= 0.3 is 12.0 Å². The summed E-state index contributed by atoms with van der Waals surface area (Å²) in [5, 5.41) is 12.7. The Morgan fingerprint density at radius 1 is 1.33 bits per heavy atom. The molecule has 2 N–H and O–H groups in total. The lowest BCUT2D eigenvalue weighted by Gasteiger charge is -2.21. The van der Waals surface area contributed by atoms with Crippen molar-refractivity contribution < 1.29 is 14.7 Å². The van der Waals surface area contributed by atoms with Crippen LogP contribution in [0.1, 0.15) is 30.0 Å². The number of fused-ring (bicyclic) bond motifs is 1. The summed E-state index contributed by atoms with van der Waals surface area (Å²) >= 11 is 6.16. The largest absolute Gasteiger partial charge is 0.481 e. The fourth-order valence-electron chi connectivity index (χ4n) is 3.15. The Morgan fingerprint density at radius 3 is 2.86 bits per heavy atom. The van der Waals surface area contributed by atoms with Crippen molar-refractivity contribution in [2.24, 2.45) is 5.92 Å². The molecular formula is C15H17ClN2O3. The standard InChI is InChI=1S/C15H17ClN2O3/c16-12-3-1-2-11-10(12)4-5-13(11)17-15(21)18-7-6-9(8-18)14(19)20/h1-3,9,13H,4-8H2,(H,17,21)(H,19,20). The molecule has 1 aliphatic heterocycles. The second kappa shape index (κ2) is 5.56. The van der Waals surface area contributed by atoms with Gasteiger partial charge in [0.1, 0.15) is 0 Å². The highest BCUT2D eigenvalue weighted by molar-refractivity contribution is 6.31. The van der Waals surface area contributed by atoms with Crippen LogP contribution < -0.4 is 5.32 Å². The molecule has 6 heteroatoms. The predicted octanol–water partition coefficient (Wildman–Crippen LogP) is 2.44. The van der Waals surface area contributed by atoms with Gasteiger partial charge in [-0.05, 0) is 36.5 Å². The van der Waals surface area contributed by atoms with Crippen LogP contribution in [0, 0.1) is 5.92 Å². The van der Waals surface area contributed by atoms with E-state index in [9.17, 15) is 9.59 Å². The first kappa shape index (κ1) is 14.2. The number of halogens is 1. The molecule has 1 fully saturated rings. The zero-order chi connectivity index (χ0) is 15.0. The number of carboxylic acids is 1. The predicted molar refractivity (Wildman–Crippen MR) is 78.4 cm³/mol. The van der Waals surface area contributed by atoms with Crippen LogP contribution in [0.2, 0.25) is 5.02 Å². The smallest absolute Gasteiger partial charge is 0.317 e. The van der Waals surface area contributed by atoms with Gasteiger partial charge in [-0.25, -0.2) is 4.79 Å². The number of aliphatic carboxylic acids is 1. The van der Waals surface area contributed by atoms with E-state index in [2.05, 4.69) is 5.32 Å². The van der Waals surface area contributed by atoms with Gasteiger partial charge in [0.25, 0.3) is 0 Å². The van der Waals surface area contributed by atoms with E-state index in [0.717, 1.165) is 29.0 Å². The summed E-state index contributed by atoms with van der Waals surface area (Å²) in [5.41, 5.74) is 2.18. The number of nitrogens with one attached hydrogen (secondary N) is 1. The maximum absolute atomic E-state index is 12.3. The Morgan fingerprint density at radius 2 is 2.14 bits per heavy atom. The fourth-order valence-corrected chi connectivity index (χ4v) is 3.42. The van der Waals surface area contributed by atoms with Crippen molar-refractivity contribution in [3.63, 3.8) is 0 Å². The summed E-state index contributed by atoms with van der Waals surface area (Å²) in [5.74, 6) is -1.27. The summed E-state index contributed by atoms with van der Waals surface area (Å²) in [6.45, 7) is 0.786. The van der Waals surface area contributed by atoms with Crippen molar-refractivity contribution in [3.05, 3.63) is 34.3 Å². The number of carboxylic acid groups (broad SMARTS) is 1. The Bertz CT molecular complexity index is 590. The zero-order valence-electron chi connectivity index (χ0n) is 11.5. The highest BCUT2D eigenvalue weighted by atomic mass is 35.5. The average Bonchev–Trinajstić information content (AvgIpc) is 3.07. The van der Waals surface area contributed by atoms with Gasteiger partial charge in [0.15, 0.2) is 0 Å².